The van der Waals surface area contributed by atoms with Gasteiger partial charge < -0.3 is 10.2 Å². The number of hydrogen-bond donors (Lipinski definition) is 1. The molecule has 4 rings (SSSR count). The van der Waals surface area contributed by atoms with E-state index in [1.807, 2.05) is 47.4 Å². The summed E-state index contributed by atoms with van der Waals surface area (Å²) in [7, 11) is 0. The molecule has 0 spiro atoms. The highest BCUT2D eigenvalue weighted by atomic mass is 35.5. The van der Waals surface area contributed by atoms with Crippen molar-refractivity contribution < 1.29 is 4.79 Å². The Morgan fingerprint density at radius 3 is 2.68 bits per heavy atom. The highest BCUT2D eigenvalue weighted by Gasteiger charge is 2.22. The Labute approximate surface area is 170 Å². The number of nitrogens with zero attached hydrogens (tertiary/aromatic N) is 2. The van der Waals surface area contributed by atoms with Crippen molar-refractivity contribution in [2.75, 3.05) is 18.4 Å². The Bertz CT molecular complexity index is 972. The summed E-state index contributed by atoms with van der Waals surface area (Å²) in [6.07, 6.45) is 3.46. The molecule has 2 heterocycles. The summed E-state index contributed by atoms with van der Waals surface area (Å²) < 4.78 is 0. The highest BCUT2D eigenvalue weighted by Crippen LogP contribution is 2.20. The van der Waals surface area contributed by atoms with E-state index in [2.05, 4.69) is 28.5 Å². The van der Waals surface area contributed by atoms with Gasteiger partial charge in [-0.15, -0.1) is 0 Å². The molecule has 2 aromatic carbocycles. The van der Waals surface area contributed by atoms with E-state index in [4.69, 9.17) is 11.6 Å². The fraction of sp³-hybridized carbons (Fsp3) is 0.217. The van der Waals surface area contributed by atoms with Crippen LogP contribution >= 0.6 is 11.6 Å². The smallest absolute Gasteiger partial charge is 0.272 e. The first-order valence-electron chi connectivity index (χ1n) is 9.49. The Morgan fingerprint density at radius 1 is 1.07 bits per heavy atom. The maximum atomic E-state index is 12.9. The van der Waals surface area contributed by atoms with E-state index in [-0.39, 0.29) is 5.91 Å². The van der Waals surface area contributed by atoms with Gasteiger partial charge in [0.15, 0.2) is 0 Å². The number of nitrogens with one attached hydrogen (secondary N) is 1. The standard InChI is InChI=1S/C23H22ClN3O/c24-20-7-5-17(6-8-20)9-12-25-21-10-13-26-22(15-21)23(28)27-14-11-18-3-1-2-4-19(18)16-27/h1-8,10,13,15H,9,11-12,14,16H2,(H,25,26). The van der Waals surface area contributed by atoms with Crippen LogP contribution in [0.2, 0.25) is 5.02 Å². The minimum atomic E-state index is -0.0177. The first-order chi connectivity index (χ1) is 13.7. The van der Waals surface area contributed by atoms with Gasteiger partial charge in [0.25, 0.3) is 5.91 Å². The van der Waals surface area contributed by atoms with E-state index in [0.29, 0.717) is 12.2 Å². The molecule has 4 nitrogen and oxygen atoms in total. The largest absolute Gasteiger partial charge is 0.385 e. The number of pyridine rings is 1. The van der Waals surface area contributed by atoms with Crippen molar-refractivity contribution in [2.45, 2.75) is 19.4 Å². The van der Waals surface area contributed by atoms with Gasteiger partial charge in [-0.3, -0.25) is 9.78 Å². The van der Waals surface area contributed by atoms with Crippen LogP contribution in [0.15, 0.2) is 66.9 Å². The average Bonchev–Trinajstić information content (AvgIpc) is 2.74. The van der Waals surface area contributed by atoms with Crippen molar-refractivity contribution in [3.05, 3.63) is 94.3 Å². The van der Waals surface area contributed by atoms with Gasteiger partial charge in [0.2, 0.25) is 0 Å². The van der Waals surface area contributed by atoms with Gasteiger partial charge in [0.05, 0.1) is 0 Å². The summed E-state index contributed by atoms with van der Waals surface area (Å²) in [6.45, 7) is 2.15. The number of hydrogen-bond acceptors (Lipinski definition) is 3. The first-order valence-corrected chi connectivity index (χ1v) is 9.87. The van der Waals surface area contributed by atoms with Crippen LogP contribution in [-0.2, 0) is 19.4 Å². The number of carbonyl (C=O) groups is 1. The molecule has 142 valence electrons. The van der Waals surface area contributed by atoms with Crippen LogP contribution in [0.4, 0.5) is 5.69 Å². The second-order valence-electron chi connectivity index (χ2n) is 6.98. The number of fused-ring (bicyclic) bond motifs is 1. The van der Waals surface area contributed by atoms with Gasteiger partial charge in [-0.1, -0.05) is 48.0 Å². The minimum Gasteiger partial charge on any atom is -0.385 e. The molecule has 0 atom stereocenters. The molecule has 1 aliphatic heterocycles. The molecule has 1 amide bonds. The van der Waals surface area contributed by atoms with Crippen molar-refractivity contribution in [1.82, 2.24) is 9.88 Å². The van der Waals surface area contributed by atoms with E-state index in [1.54, 1.807) is 6.20 Å². The molecular weight excluding hydrogens is 370 g/mol. The number of anilines is 1. The molecule has 5 heteroatoms. The molecule has 1 N–H and O–H groups in total. The monoisotopic (exact) mass is 391 g/mol. The van der Waals surface area contributed by atoms with E-state index < -0.39 is 0 Å². The fourth-order valence-corrected chi connectivity index (χ4v) is 3.62. The second-order valence-corrected chi connectivity index (χ2v) is 7.41. The van der Waals surface area contributed by atoms with E-state index in [1.165, 1.54) is 16.7 Å². The molecule has 0 bridgehead atoms. The Kier molecular flexibility index (Phi) is 5.58. The molecule has 0 radical (unpaired) electrons. The summed E-state index contributed by atoms with van der Waals surface area (Å²) in [5.41, 5.74) is 5.16. The van der Waals surface area contributed by atoms with Crippen molar-refractivity contribution in [3.63, 3.8) is 0 Å². The molecule has 0 unspecified atom stereocenters. The lowest BCUT2D eigenvalue weighted by Crippen LogP contribution is -2.36. The molecule has 0 saturated heterocycles. The van der Waals surface area contributed by atoms with Crippen LogP contribution in [0.25, 0.3) is 0 Å². The lowest BCUT2D eigenvalue weighted by Gasteiger charge is -2.28. The lowest BCUT2D eigenvalue weighted by atomic mass is 10.00. The van der Waals surface area contributed by atoms with E-state index in [9.17, 15) is 4.79 Å². The quantitative estimate of drug-likeness (QED) is 0.692. The summed E-state index contributed by atoms with van der Waals surface area (Å²) in [6, 6.07) is 19.9. The van der Waals surface area contributed by atoms with Crippen LogP contribution in [0.3, 0.4) is 0 Å². The van der Waals surface area contributed by atoms with Crippen LogP contribution in [0, 0.1) is 0 Å². The number of halogens is 1. The predicted molar refractivity (Wildman–Crippen MR) is 113 cm³/mol. The van der Waals surface area contributed by atoms with Gasteiger partial charge >= 0.3 is 0 Å². The molecule has 1 aliphatic rings. The minimum absolute atomic E-state index is 0.0177. The van der Waals surface area contributed by atoms with Crippen LogP contribution < -0.4 is 5.32 Å². The molecular formula is C23H22ClN3O. The van der Waals surface area contributed by atoms with E-state index >= 15 is 0 Å². The lowest BCUT2D eigenvalue weighted by molar-refractivity contribution is 0.0729. The molecule has 0 aliphatic carbocycles. The number of amides is 1. The fourth-order valence-electron chi connectivity index (χ4n) is 3.49. The third-order valence-electron chi connectivity index (χ3n) is 5.05. The van der Waals surface area contributed by atoms with Gasteiger partial charge in [0.1, 0.15) is 5.69 Å². The van der Waals surface area contributed by atoms with Crippen molar-refractivity contribution in [2.24, 2.45) is 0 Å². The number of rotatable bonds is 5. The van der Waals surface area contributed by atoms with Gasteiger partial charge in [-0.05, 0) is 53.8 Å². The molecule has 28 heavy (non-hydrogen) atoms. The van der Waals surface area contributed by atoms with Crippen molar-refractivity contribution >= 4 is 23.2 Å². The highest BCUT2D eigenvalue weighted by molar-refractivity contribution is 6.30. The number of aromatic nitrogens is 1. The number of carbonyl (C=O) groups excluding carboxylic acids is 1. The molecule has 3 aromatic rings. The maximum Gasteiger partial charge on any atom is 0.272 e. The summed E-state index contributed by atoms with van der Waals surface area (Å²) >= 11 is 5.92. The molecule has 1 aromatic heterocycles. The SMILES string of the molecule is O=C(c1cc(NCCc2ccc(Cl)cc2)ccn1)N1CCc2ccccc2C1. The van der Waals surface area contributed by atoms with Crippen molar-refractivity contribution in [1.29, 1.82) is 0 Å². The van der Waals surface area contributed by atoms with E-state index in [0.717, 1.165) is 36.6 Å². The predicted octanol–water partition coefficient (Wildman–Crippen LogP) is 4.59. The Morgan fingerprint density at radius 2 is 1.86 bits per heavy atom. The first kappa shape index (κ1) is 18.5. The maximum absolute atomic E-state index is 12.9. The third-order valence-corrected chi connectivity index (χ3v) is 5.30. The summed E-state index contributed by atoms with van der Waals surface area (Å²) in [5.74, 6) is -0.0177. The van der Waals surface area contributed by atoms with Gasteiger partial charge in [-0.2, -0.15) is 0 Å². The van der Waals surface area contributed by atoms with Crippen molar-refractivity contribution in [3.8, 4) is 0 Å². The topological polar surface area (TPSA) is 45.2 Å². The Hall–Kier alpha value is -2.85. The van der Waals surface area contributed by atoms with Gasteiger partial charge in [0, 0.05) is 36.5 Å². The number of benzene rings is 2. The normalized spacial score (nSPS) is 13.1. The zero-order valence-corrected chi connectivity index (χ0v) is 16.3. The average molecular weight is 392 g/mol. The summed E-state index contributed by atoms with van der Waals surface area (Å²) in [4.78, 5) is 19.1. The molecule has 0 fully saturated rings. The third kappa shape index (κ3) is 4.34. The Balaban J connectivity index is 1.38. The molecule has 0 saturated carbocycles. The van der Waals surface area contributed by atoms with Gasteiger partial charge in [-0.25, -0.2) is 0 Å². The zero-order valence-electron chi connectivity index (χ0n) is 15.6. The van der Waals surface area contributed by atoms with Crippen LogP contribution in [0.1, 0.15) is 27.2 Å². The van der Waals surface area contributed by atoms with Crippen LogP contribution in [-0.4, -0.2) is 28.9 Å². The second kappa shape index (κ2) is 8.44. The summed E-state index contributed by atoms with van der Waals surface area (Å²) in [5, 5.41) is 4.12. The van der Waals surface area contributed by atoms with Crippen LogP contribution in [0.5, 0.6) is 0 Å². The zero-order chi connectivity index (χ0) is 19.3.